The first-order chi connectivity index (χ1) is 11.9. The highest BCUT2D eigenvalue weighted by Gasteiger charge is 2.22. The predicted octanol–water partition coefficient (Wildman–Crippen LogP) is 2.98. The van der Waals surface area contributed by atoms with Crippen LogP contribution in [0, 0.1) is 5.82 Å². The number of halogens is 1. The number of sulfone groups is 1. The Morgan fingerprint density at radius 2 is 1.80 bits per heavy atom. The zero-order valence-corrected chi connectivity index (χ0v) is 14.7. The molecule has 0 fully saturated rings. The third kappa shape index (κ3) is 3.52. The third-order valence-electron chi connectivity index (χ3n) is 3.49. The number of hydrogen-bond acceptors (Lipinski definition) is 7. The average molecular weight is 380 g/mol. The second-order valence-electron chi connectivity index (χ2n) is 5.18. The third-order valence-corrected chi connectivity index (χ3v) is 5.73. The van der Waals surface area contributed by atoms with Gasteiger partial charge in [-0.15, -0.1) is 0 Å². The highest BCUT2D eigenvalue weighted by atomic mass is 32.2. The number of carbonyl (C=O) groups excluding carboxylic acids is 1. The van der Waals surface area contributed by atoms with Gasteiger partial charge in [-0.3, -0.25) is 0 Å². The standard InChI is InChI=1S/C16H13FN2O4S2/c1-2-23-16(20)11-5-3-10(4-6-11)9-25(21,22)13-8-7-12(17)14-15(13)19-24-18-14/h3-8H,2,9H2,1H3. The van der Waals surface area contributed by atoms with Gasteiger partial charge in [0.05, 0.1) is 34.5 Å². The Morgan fingerprint density at radius 3 is 2.48 bits per heavy atom. The summed E-state index contributed by atoms with van der Waals surface area (Å²) in [6, 6.07) is 8.37. The second kappa shape index (κ2) is 6.85. The molecule has 0 atom stereocenters. The zero-order valence-electron chi connectivity index (χ0n) is 13.1. The van der Waals surface area contributed by atoms with Gasteiger partial charge in [-0.25, -0.2) is 17.6 Å². The Bertz CT molecular complexity index is 1030. The monoisotopic (exact) mass is 380 g/mol. The summed E-state index contributed by atoms with van der Waals surface area (Å²) in [4.78, 5) is 11.6. The number of benzene rings is 2. The number of esters is 1. The summed E-state index contributed by atoms with van der Waals surface area (Å²) in [6.45, 7) is 1.97. The minimum atomic E-state index is -3.75. The van der Waals surface area contributed by atoms with Crippen LogP contribution >= 0.6 is 11.7 Å². The van der Waals surface area contributed by atoms with Crippen molar-refractivity contribution in [3.8, 4) is 0 Å². The Kier molecular flexibility index (Phi) is 4.78. The molecule has 3 aromatic rings. The molecule has 130 valence electrons. The number of fused-ring (bicyclic) bond motifs is 1. The van der Waals surface area contributed by atoms with Gasteiger partial charge in [-0.1, -0.05) is 12.1 Å². The van der Waals surface area contributed by atoms with E-state index in [0.29, 0.717) is 11.1 Å². The van der Waals surface area contributed by atoms with Crippen molar-refractivity contribution < 1.29 is 22.3 Å². The van der Waals surface area contributed by atoms with Crippen LogP contribution in [0.25, 0.3) is 11.0 Å². The van der Waals surface area contributed by atoms with Crippen molar-refractivity contribution in [2.45, 2.75) is 17.6 Å². The normalized spacial score (nSPS) is 11.6. The number of ether oxygens (including phenoxy) is 1. The largest absolute Gasteiger partial charge is 0.462 e. The molecule has 0 radical (unpaired) electrons. The van der Waals surface area contributed by atoms with E-state index in [9.17, 15) is 17.6 Å². The van der Waals surface area contributed by atoms with Gasteiger partial charge in [0.15, 0.2) is 15.7 Å². The molecule has 0 aliphatic rings. The van der Waals surface area contributed by atoms with Gasteiger partial charge in [0.25, 0.3) is 0 Å². The lowest BCUT2D eigenvalue weighted by atomic mass is 10.1. The summed E-state index contributed by atoms with van der Waals surface area (Å²) in [5.74, 6) is -1.37. The molecule has 0 bridgehead atoms. The maximum absolute atomic E-state index is 13.7. The second-order valence-corrected chi connectivity index (χ2v) is 7.67. The molecule has 0 saturated heterocycles. The molecule has 0 unspecified atom stereocenters. The molecule has 25 heavy (non-hydrogen) atoms. The number of aromatic nitrogens is 2. The fraction of sp³-hybridized carbons (Fsp3) is 0.188. The summed E-state index contributed by atoms with van der Waals surface area (Å²) >= 11 is 0.758. The molecule has 3 rings (SSSR count). The van der Waals surface area contributed by atoms with Crippen LogP contribution < -0.4 is 0 Å². The van der Waals surface area contributed by atoms with Gasteiger partial charge in [0, 0.05) is 0 Å². The van der Waals surface area contributed by atoms with Gasteiger partial charge in [0.1, 0.15) is 11.0 Å². The molecule has 2 aromatic carbocycles. The maximum atomic E-state index is 13.7. The first-order valence-corrected chi connectivity index (χ1v) is 9.70. The first-order valence-electron chi connectivity index (χ1n) is 7.32. The minimum Gasteiger partial charge on any atom is -0.462 e. The fourth-order valence-corrected chi connectivity index (χ4v) is 4.43. The van der Waals surface area contributed by atoms with Gasteiger partial charge in [-0.2, -0.15) is 8.75 Å². The zero-order chi connectivity index (χ0) is 18.0. The van der Waals surface area contributed by atoms with E-state index in [1.54, 1.807) is 19.1 Å². The van der Waals surface area contributed by atoms with E-state index in [4.69, 9.17) is 4.74 Å². The average Bonchev–Trinajstić information content (AvgIpc) is 3.06. The SMILES string of the molecule is CCOC(=O)c1ccc(CS(=O)(=O)c2ccc(F)c3nsnc23)cc1. The van der Waals surface area contributed by atoms with Gasteiger partial charge < -0.3 is 4.74 Å². The lowest BCUT2D eigenvalue weighted by Crippen LogP contribution is -2.07. The van der Waals surface area contributed by atoms with Gasteiger partial charge in [0.2, 0.25) is 0 Å². The van der Waals surface area contributed by atoms with Crippen LogP contribution in [0.4, 0.5) is 4.39 Å². The summed E-state index contributed by atoms with van der Waals surface area (Å²) in [7, 11) is -3.75. The molecule has 0 aliphatic heterocycles. The molecule has 0 spiro atoms. The molecular weight excluding hydrogens is 367 g/mol. The number of nitrogens with zero attached hydrogens (tertiary/aromatic N) is 2. The molecule has 0 amide bonds. The van der Waals surface area contributed by atoms with Gasteiger partial charge in [-0.05, 0) is 36.8 Å². The van der Waals surface area contributed by atoms with Crippen molar-refractivity contribution in [2.75, 3.05) is 6.61 Å². The van der Waals surface area contributed by atoms with Crippen LogP contribution in [0.3, 0.4) is 0 Å². The first kappa shape index (κ1) is 17.4. The highest BCUT2D eigenvalue weighted by molar-refractivity contribution is 7.90. The van der Waals surface area contributed by atoms with Crippen molar-refractivity contribution in [3.63, 3.8) is 0 Å². The molecule has 1 aromatic heterocycles. The van der Waals surface area contributed by atoms with Crippen LogP contribution in [-0.2, 0) is 20.3 Å². The van der Waals surface area contributed by atoms with Gasteiger partial charge >= 0.3 is 5.97 Å². The summed E-state index contributed by atoms with van der Waals surface area (Å²) in [5.41, 5.74) is 0.821. The lowest BCUT2D eigenvalue weighted by molar-refractivity contribution is 0.0526. The van der Waals surface area contributed by atoms with Crippen molar-refractivity contribution in [3.05, 3.63) is 53.3 Å². The smallest absolute Gasteiger partial charge is 0.338 e. The number of hydrogen-bond donors (Lipinski definition) is 0. The Balaban J connectivity index is 1.90. The van der Waals surface area contributed by atoms with E-state index in [1.807, 2.05) is 0 Å². The fourth-order valence-electron chi connectivity index (χ4n) is 2.31. The Morgan fingerprint density at radius 1 is 1.12 bits per heavy atom. The molecular formula is C16H13FN2O4S2. The molecule has 0 aliphatic carbocycles. The van der Waals surface area contributed by atoms with E-state index in [2.05, 4.69) is 8.75 Å². The Labute approximate surface area is 147 Å². The van der Waals surface area contributed by atoms with Crippen molar-refractivity contribution in [2.24, 2.45) is 0 Å². The van der Waals surface area contributed by atoms with Crippen LogP contribution in [0.5, 0.6) is 0 Å². The van der Waals surface area contributed by atoms with Crippen molar-refractivity contribution >= 4 is 38.6 Å². The Hall–Kier alpha value is -2.39. The van der Waals surface area contributed by atoms with E-state index in [-0.39, 0.29) is 28.3 Å². The summed E-state index contributed by atoms with van der Waals surface area (Å²) in [6.07, 6.45) is 0. The number of carbonyl (C=O) groups is 1. The van der Waals surface area contributed by atoms with Crippen LogP contribution in [0.2, 0.25) is 0 Å². The van der Waals surface area contributed by atoms with Crippen molar-refractivity contribution in [1.82, 2.24) is 8.75 Å². The predicted molar refractivity (Wildman–Crippen MR) is 90.7 cm³/mol. The van der Waals surface area contributed by atoms with Crippen LogP contribution in [0.15, 0.2) is 41.3 Å². The quantitative estimate of drug-likeness (QED) is 0.500. The molecule has 1 heterocycles. The van der Waals surface area contributed by atoms with Crippen LogP contribution in [-0.4, -0.2) is 29.7 Å². The maximum Gasteiger partial charge on any atom is 0.338 e. The van der Waals surface area contributed by atoms with E-state index in [0.717, 1.165) is 17.8 Å². The lowest BCUT2D eigenvalue weighted by Gasteiger charge is -2.07. The van der Waals surface area contributed by atoms with E-state index >= 15 is 0 Å². The van der Waals surface area contributed by atoms with E-state index < -0.39 is 21.6 Å². The molecule has 9 heteroatoms. The summed E-state index contributed by atoms with van der Waals surface area (Å²) < 4.78 is 51.6. The topological polar surface area (TPSA) is 86.2 Å². The minimum absolute atomic E-state index is 0.0353. The molecule has 0 saturated carbocycles. The van der Waals surface area contributed by atoms with E-state index in [1.165, 1.54) is 18.2 Å². The van der Waals surface area contributed by atoms with Crippen LogP contribution in [0.1, 0.15) is 22.8 Å². The molecule has 0 N–H and O–H groups in total. The van der Waals surface area contributed by atoms with Crippen molar-refractivity contribution in [1.29, 1.82) is 0 Å². The summed E-state index contributed by atoms with van der Waals surface area (Å²) in [5, 5.41) is 0. The number of rotatable bonds is 5. The highest BCUT2D eigenvalue weighted by Crippen LogP contribution is 2.26. The molecule has 6 nitrogen and oxygen atoms in total.